The smallest absolute Gasteiger partial charge is 0.0602 e. The third-order valence-electron chi connectivity index (χ3n) is 7.22. The lowest BCUT2D eigenvalue weighted by Gasteiger charge is -2.60. The van der Waals surface area contributed by atoms with Gasteiger partial charge in [0.05, 0.1) is 6.10 Å². The average molecular weight is 304 g/mol. The zero-order valence-corrected chi connectivity index (χ0v) is 14.6. The Labute approximate surface area is 135 Å². The highest BCUT2D eigenvalue weighted by Crippen LogP contribution is 2.61. The number of rotatable bonds is 2. The molecule has 22 heavy (non-hydrogen) atoms. The molecular weight excluding hydrogens is 272 g/mol. The van der Waals surface area contributed by atoms with Gasteiger partial charge in [0.2, 0.25) is 0 Å². The third-order valence-corrected chi connectivity index (χ3v) is 7.22. The molecule has 3 rings (SSSR count). The van der Waals surface area contributed by atoms with Crippen molar-refractivity contribution >= 4 is 0 Å². The molecule has 0 radical (unpaired) electrons. The summed E-state index contributed by atoms with van der Waals surface area (Å²) in [4.78, 5) is 0. The van der Waals surface area contributed by atoms with Crippen molar-refractivity contribution in [3.63, 3.8) is 0 Å². The fourth-order valence-electron chi connectivity index (χ4n) is 5.58. The minimum atomic E-state index is -0.236. The van der Waals surface area contributed by atoms with Gasteiger partial charge in [-0.3, -0.25) is 0 Å². The summed E-state index contributed by atoms with van der Waals surface area (Å²) >= 11 is 0. The van der Waals surface area contributed by atoms with Gasteiger partial charge in [-0.25, -0.2) is 0 Å². The number of aliphatic hydroxyl groups excluding tert-OH is 2. The number of fused-ring (bicyclic) bond motifs is 3. The van der Waals surface area contributed by atoms with E-state index >= 15 is 0 Å². The summed E-state index contributed by atoms with van der Waals surface area (Å²) in [6.07, 6.45) is 9.66. The molecule has 0 saturated heterocycles. The lowest BCUT2D eigenvalue weighted by atomic mass is 9.46. The Bertz CT molecular complexity index is 504. The molecule has 0 bridgehead atoms. The molecule has 0 aromatic rings. The lowest BCUT2D eigenvalue weighted by Crippen LogP contribution is -2.57. The van der Waals surface area contributed by atoms with E-state index in [-0.39, 0.29) is 23.5 Å². The zero-order chi connectivity index (χ0) is 16.1. The Morgan fingerprint density at radius 1 is 1.27 bits per heavy atom. The zero-order valence-electron chi connectivity index (χ0n) is 14.6. The highest BCUT2D eigenvalue weighted by molar-refractivity contribution is 5.36. The second kappa shape index (κ2) is 5.49. The molecule has 0 spiro atoms. The van der Waals surface area contributed by atoms with Crippen LogP contribution in [0.1, 0.15) is 59.8 Å². The summed E-state index contributed by atoms with van der Waals surface area (Å²) in [5.41, 5.74) is 2.88. The van der Waals surface area contributed by atoms with Gasteiger partial charge in [0.1, 0.15) is 0 Å². The first-order valence-corrected chi connectivity index (χ1v) is 9.02. The quantitative estimate of drug-likeness (QED) is 0.807. The number of hydrogen-bond acceptors (Lipinski definition) is 2. The summed E-state index contributed by atoms with van der Waals surface area (Å²) < 4.78 is 0. The SMILES string of the molecule is CC(C)C1=CC2=CC[C@H]3[C@](C)(CO)CCC(O)[C@]3(C)[C@H]2CC1. The summed E-state index contributed by atoms with van der Waals surface area (Å²) in [7, 11) is 0. The minimum absolute atomic E-state index is 0.0436. The second-order valence-corrected chi connectivity index (χ2v) is 8.69. The largest absolute Gasteiger partial charge is 0.396 e. The molecule has 1 saturated carbocycles. The van der Waals surface area contributed by atoms with Gasteiger partial charge in [-0.15, -0.1) is 0 Å². The molecule has 3 aliphatic carbocycles. The molecule has 2 heteroatoms. The Hall–Kier alpha value is -0.600. The van der Waals surface area contributed by atoms with Gasteiger partial charge in [-0.1, -0.05) is 45.4 Å². The first-order valence-electron chi connectivity index (χ1n) is 9.02. The van der Waals surface area contributed by atoms with Gasteiger partial charge >= 0.3 is 0 Å². The van der Waals surface area contributed by atoms with Crippen LogP contribution in [0.2, 0.25) is 0 Å². The fraction of sp³-hybridized carbons (Fsp3) is 0.800. The monoisotopic (exact) mass is 304 g/mol. The van der Waals surface area contributed by atoms with Crippen LogP contribution in [0.3, 0.4) is 0 Å². The van der Waals surface area contributed by atoms with Gasteiger partial charge in [0, 0.05) is 12.0 Å². The lowest BCUT2D eigenvalue weighted by molar-refractivity contribution is -0.146. The number of aliphatic hydroxyl groups is 2. The highest BCUT2D eigenvalue weighted by Gasteiger charge is 2.58. The van der Waals surface area contributed by atoms with E-state index in [2.05, 4.69) is 39.8 Å². The van der Waals surface area contributed by atoms with Crippen molar-refractivity contribution in [1.82, 2.24) is 0 Å². The molecule has 2 nitrogen and oxygen atoms in total. The Balaban J connectivity index is 2.02. The summed E-state index contributed by atoms with van der Waals surface area (Å²) in [5, 5.41) is 20.9. The van der Waals surface area contributed by atoms with Gasteiger partial charge < -0.3 is 10.2 Å². The van der Waals surface area contributed by atoms with Crippen molar-refractivity contribution in [2.45, 2.75) is 65.9 Å². The first-order chi connectivity index (χ1) is 10.3. The van der Waals surface area contributed by atoms with Crippen LogP contribution >= 0.6 is 0 Å². The summed E-state index contributed by atoms with van der Waals surface area (Å²) in [5.74, 6) is 1.46. The normalized spacial score (nSPS) is 45.0. The van der Waals surface area contributed by atoms with E-state index < -0.39 is 0 Å². The maximum Gasteiger partial charge on any atom is 0.0602 e. The van der Waals surface area contributed by atoms with Gasteiger partial charge in [-0.2, -0.15) is 0 Å². The second-order valence-electron chi connectivity index (χ2n) is 8.69. The van der Waals surface area contributed by atoms with Crippen LogP contribution in [-0.2, 0) is 0 Å². The van der Waals surface area contributed by atoms with Crippen molar-refractivity contribution in [2.24, 2.45) is 28.6 Å². The van der Waals surface area contributed by atoms with E-state index in [1.165, 1.54) is 5.57 Å². The van der Waals surface area contributed by atoms with Gasteiger partial charge in [0.15, 0.2) is 0 Å². The minimum Gasteiger partial charge on any atom is -0.396 e. The molecule has 0 aliphatic heterocycles. The van der Waals surface area contributed by atoms with E-state index in [0.29, 0.717) is 17.8 Å². The van der Waals surface area contributed by atoms with E-state index in [9.17, 15) is 10.2 Å². The Kier molecular flexibility index (Phi) is 4.06. The molecule has 2 N–H and O–H groups in total. The van der Waals surface area contributed by atoms with Crippen LogP contribution in [0.25, 0.3) is 0 Å². The topological polar surface area (TPSA) is 40.5 Å². The van der Waals surface area contributed by atoms with Crippen molar-refractivity contribution in [1.29, 1.82) is 0 Å². The molecule has 1 unspecified atom stereocenters. The predicted molar refractivity (Wildman–Crippen MR) is 90.4 cm³/mol. The maximum absolute atomic E-state index is 10.9. The standard InChI is InChI=1S/C20H32O2/c1-13(2)14-5-7-16-15(11-14)6-8-17-19(3,12-21)10-9-18(22)20(16,17)4/h6,11,13,16-18,21-22H,5,7-10,12H2,1-4H3/t16-,17-,18?,19-,20+/m0/s1. The van der Waals surface area contributed by atoms with Crippen LogP contribution < -0.4 is 0 Å². The molecule has 0 aromatic carbocycles. The summed E-state index contributed by atoms with van der Waals surface area (Å²) in [6, 6.07) is 0. The Morgan fingerprint density at radius 3 is 2.64 bits per heavy atom. The molecule has 5 atom stereocenters. The van der Waals surface area contributed by atoms with Gasteiger partial charge in [0.25, 0.3) is 0 Å². The summed E-state index contributed by atoms with van der Waals surface area (Å²) in [6.45, 7) is 9.31. The van der Waals surface area contributed by atoms with Gasteiger partial charge in [-0.05, 0) is 60.8 Å². The van der Waals surface area contributed by atoms with Crippen LogP contribution in [-0.4, -0.2) is 22.9 Å². The molecule has 124 valence electrons. The maximum atomic E-state index is 10.9. The molecule has 1 fully saturated rings. The molecule has 3 aliphatic rings. The number of hydrogen-bond donors (Lipinski definition) is 2. The Morgan fingerprint density at radius 2 is 2.00 bits per heavy atom. The highest BCUT2D eigenvalue weighted by atomic mass is 16.3. The van der Waals surface area contributed by atoms with Crippen molar-refractivity contribution in [3.8, 4) is 0 Å². The van der Waals surface area contributed by atoms with Crippen LogP contribution in [0, 0.1) is 28.6 Å². The van der Waals surface area contributed by atoms with Crippen LogP contribution in [0.15, 0.2) is 23.3 Å². The van der Waals surface area contributed by atoms with E-state index in [1.807, 2.05) is 0 Å². The first kappa shape index (κ1) is 16.3. The molecule has 0 heterocycles. The predicted octanol–water partition coefficient (Wildman–Crippen LogP) is 4.08. The van der Waals surface area contributed by atoms with Crippen molar-refractivity contribution in [2.75, 3.05) is 6.61 Å². The fourth-order valence-corrected chi connectivity index (χ4v) is 5.58. The molecule has 0 aromatic heterocycles. The van der Waals surface area contributed by atoms with Crippen LogP contribution in [0.5, 0.6) is 0 Å². The van der Waals surface area contributed by atoms with E-state index in [4.69, 9.17) is 0 Å². The van der Waals surface area contributed by atoms with Crippen LogP contribution in [0.4, 0.5) is 0 Å². The number of allylic oxidation sites excluding steroid dienone is 4. The third kappa shape index (κ3) is 2.22. The van der Waals surface area contributed by atoms with Crippen molar-refractivity contribution in [3.05, 3.63) is 23.3 Å². The molecular formula is C20H32O2. The van der Waals surface area contributed by atoms with Crippen molar-refractivity contribution < 1.29 is 10.2 Å². The van der Waals surface area contributed by atoms with E-state index in [1.54, 1.807) is 5.57 Å². The molecule has 0 amide bonds. The van der Waals surface area contributed by atoms with E-state index in [0.717, 1.165) is 32.1 Å². The average Bonchev–Trinajstić information content (AvgIpc) is 2.51.